The van der Waals surface area contributed by atoms with Gasteiger partial charge in [0.2, 0.25) is 0 Å². The average molecular weight is 550 g/mol. The maximum atomic E-state index is 12.3. The van der Waals surface area contributed by atoms with Crippen LogP contribution in [0.4, 0.5) is 5.69 Å². The molecule has 0 aliphatic carbocycles. The monoisotopic (exact) mass is 549 g/mol. The minimum Gasteiger partial charge on any atom is -0.372 e. The van der Waals surface area contributed by atoms with Gasteiger partial charge < -0.3 is 20.9 Å². The number of rotatable bonds is 8. The van der Waals surface area contributed by atoms with Crippen molar-refractivity contribution in [2.75, 3.05) is 37.6 Å². The summed E-state index contributed by atoms with van der Waals surface area (Å²) in [7, 11) is 0. The normalized spacial score (nSPS) is 14.5. The molecule has 0 radical (unpaired) electrons. The topological polar surface area (TPSA) is 68.8 Å². The van der Waals surface area contributed by atoms with Crippen molar-refractivity contribution < 1.29 is 4.79 Å². The van der Waals surface area contributed by atoms with Gasteiger partial charge in [-0.05, 0) is 63.4 Å². The summed E-state index contributed by atoms with van der Waals surface area (Å²) in [5.74, 6) is 0.690. The number of halogens is 1. The Hall–Kier alpha value is -2.29. The van der Waals surface area contributed by atoms with Crippen molar-refractivity contribution >= 4 is 41.5 Å². The number of amides is 1. The molecule has 1 heterocycles. The zero-order valence-electron chi connectivity index (χ0n) is 19.4. The Kier molecular flexibility index (Phi) is 10.8. The van der Waals surface area contributed by atoms with E-state index in [4.69, 9.17) is 0 Å². The summed E-state index contributed by atoms with van der Waals surface area (Å²) in [5.41, 5.74) is 4.29. The lowest BCUT2D eigenvalue weighted by atomic mass is 10.1. The number of carbonyl (C=O) groups is 1. The highest BCUT2D eigenvalue weighted by Crippen LogP contribution is 2.23. The van der Waals surface area contributed by atoms with Crippen molar-refractivity contribution in [1.82, 2.24) is 16.0 Å². The standard InChI is InChI=1S/C25H35N5O.HI/c1-4-26-25(28-14-13-27-24(31)22-11-7-9-19(2)17-22)29-20(3)21-10-8-12-23(18-21)30-15-5-6-16-30;/h7-12,17-18,20H,4-6,13-16H2,1-3H3,(H,27,31)(H2,26,28,29);1H. The molecule has 3 rings (SSSR count). The van der Waals surface area contributed by atoms with Gasteiger partial charge in [0.05, 0.1) is 12.6 Å². The predicted octanol–water partition coefficient (Wildman–Crippen LogP) is 4.26. The Bertz CT molecular complexity index is 895. The first kappa shape index (κ1) is 26.0. The highest BCUT2D eigenvalue weighted by Gasteiger charge is 2.14. The number of benzene rings is 2. The van der Waals surface area contributed by atoms with Crippen molar-refractivity contribution in [3.8, 4) is 0 Å². The largest absolute Gasteiger partial charge is 0.372 e. The van der Waals surface area contributed by atoms with Crippen molar-refractivity contribution in [3.05, 3.63) is 65.2 Å². The van der Waals surface area contributed by atoms with E-state index >= 15 is 0 Å². The fraction of sp³-hybridized carbons (Fsp3) is 0.440. The molecule has 1 aliphatic heterocycles. The van der Waals surface area contributed by atoms with E-state index in [1.54, 1.807) is 0 Å². The van der Waals surface area contributed by atoms with Crippen LogP contribution in [0, 0.1) is 6.92 Å². The molecule has 0 bridgehead atoms. The molecule has 1 amide bonds. The van der Waals surface area contributed by atoms with Crippen LogP contribution >= 0.6 is 24.0 Å². The summed E-state index contributed by atoms with van der Waals surface area (Å²) in [6.07, 6.45) is 2.55. The number of anilines is 1. The SMILES string of the molecule is CCNC(=NCCNC(=O)c1cccc(C)c1)NC(C)c1cccc(N2CCCC2)c1.I. The molecular formula is C25H36IN5O. The average Bonchev–Trinajstić information content (AvgIpc) is 3.32. The van der Waals surface area contributed by atoms with Gasteiger partial charge in [-0.15, -0.1) is 24.0 Å². The summed E-state index contributed by atoms with van der Waals surface area (Å²) < 4.78 is 0. The van der Waals surface area contributed by atoms with Crippen molar-refractivity contribution in [2.24, 2.45) is 4.99 Å². The van der Waals surface area contributed by atoms with Gasteiger partial charge in [0.25, 0.3) is 5.91 Å². The third-order valence-electron chi connectivity index (χ3n) is 5.49. The number of hydrogen-bond donors (Lipinski definition) is 3. The second-order valence-electron chi connectivity index (χ2n) is 8.04. The van der Waals surface area contributed by atoms with E-state index < -0.39 is 0 Å². The number of carbonyl (C=O) groups excluding carboxylic acids is 1. The molecule has 1 unspecified atom stereocenters. The number of nitrogens with zero attached hydrogens (tertiary/aromatic N) is 2. The van der Waals surface area contributed by atoms with Gasteiger partial charge >= 0.3 is 0 Å². The second-order valence-corrected chi connectivity index (χ2v) is 8.04. The minimum atomic E-state index is -0.0658. The molecule has 7 heteroatoms. The zero-order valence-corrected chi connectivity index (χ0v) is 21.7. The van der Waals surface area contributed by atoms with Gasteiger partial charge in [-0.25, -0.2) is 0 Å². The maximum Gasteiger partial charge on any atom is 0.251 e. The van der Waals surface area contributed by atoms with E-state index in [2.05, 4.69) is 64.0 Å². The first-order valence-corrected chi connectivity index (χ1v) is 11.3. The highest BCUT2D eigenvalue weighted by molar-refractivity contribution is 14.0. The lowest BCUT2D eigenvalue weighted by molar-refractivity contribution is 0.0954. The Morgan fingerprint density at radius 2 is 1.84 bits per heavy atom. The Morgan fingerprint density at radius 1 is 1.09 bits per heavy atom. The first-order valence-electron chi connectivity index (χ1n) is 11.3. The molecule has 1 atom stereocenters. The number of aryl methyl sites for hydroxylation is 1. The molecule has 0 aromatic heterocycles. The fourth-order valence-electron chi connectivity index (χ4n) is 3.80. The summed E-state index contributed by atoms with van der Waals surface area (Å²) >= 11 is 0. The lowest BCUT2D eigenvalue weighted by Crippen LogP contribution is -2.39. The van der Waals surface area contributed by atoms with E-state index in [1.165, 1.54) is 24.1 Å². The Balaban J connectivity index is 0.00000363. The fourth-order valence-corrected chi connectivity index (χ4v) is 3.80. The Labute approximate surface area is 209 Å². The van der Waals surface area contributed by atoms with Crippen LogP contribution in [0.3, 0.4) is 0 Å². The van der Waals surface area contributed by atoms with Crippen molar-refractivity contribution in [2.45, 2.75) is 39.7 Å². The van der Waals surface area contributed by atoms with Gasteiger partial charge in [-0.1, -0.05) is 29.8 Å². The molecule has 2 aromatic carbocycles. The summed E-state index contributed by atoms with van der Waals surface area (Å²) in [5, 5.41) is 9.72. The Morgan fingerprint density at radius 3 is 2.56 bits per heavy atom. The van der Waals surface area contributed by atoms with E-state index in [0.29, 0.717) is 18.7 Å². The van der Waals surface area contributed by atoms with Crippen LogP contribution < -0.4 is 20.9 Å². The number of hydrogen-bond acceptors (Lipinski definition) is 3. The van der Waals surface area contributed by atoms with Crippen LogP contribution in [0.5, 0.6) is 0 Å². The number of guanidine groups is 1. The van der Waals surface area contributed by atoms with Gasteiger partial charge in [0, 0.05) is 37.4 Å². The van der Waals surface area contributed by atoms with Gasteiger partial charge in [0.15, 0.2) is 5.96 Å². The van der Waals surface area contributed by atoms with E-state index in [0.717, 1.165) is 31.2 Å². The van der Waals surface area contributed by atoms with E-state index in [9.17, 15) is 4.79 Å². The van der Waals surface area contributed by atoms with Crippen LogP contribution in [-0.2, 0) is 0 Å². The van der Waals surface area contributed by atoms with Crippen LogP contribution in [0.1, 0.15) is 54.2 Å². The van der Waals surface area contributed by atoms with Crippen molar-refractivity contribution in [3.63, 3.8) is 0 Å². The van der Waals surface area contributed by atoms with Crippen LogP contribution in [0.15, 0.2) is 53.5 Å². The van der Waals surface area contributed by atoms with E-state index in [-0.39, 0.29) is 35.9 Å². The molecule has 1 aliphatic rings. The molecular weight excluding hydrogens is 513 g/mol. The van der Waals surface area contributed by atoms with Crippen molar-refractivity contribution in [1.29, 1.82) is 0 Å². The van der Waals surface area contributed by atoms with Gasteiger partial charge in [-0.3, -0.25) is 9.79 Å². The molecule has 32 heavy (non-hydrogen) atoms. The molecule has 0 spiro atoms. The minimum absolute atomic E-state index is 0. The smallest absolute Gasteiger partial charge is 0.251 e. The maximum absolute atomic E-state index is 12.3. The quantitative estimate of drug-likeness (QED) is 0.199. The lowest BCUT2D eigenvalue weighted by Gasteiger charge is -2.22. The predicted molar refractivity (Wildman–Crippen MR) is 144 cm³/mol. The first-order chi connectivity index (χ1) is 15.1. The van der Waals surface area contributed by atoms with Crippen LogP contribution in [0.25, 0.3) is 0 Å². The summed E-state index contributed by atoms with van der Waals surface area (Å²) in [4.78, 5) is 19.4. The molecule has 6 nitrogen and oxygen atoms in total. The number of aliphatic imine (C=N–C) groups is 1. The molecule has 2 aromatic rings. The van der Waals surface area contributed by atoms with E-state index in [1.807, 2.05) is 31.2 Å². The zero-order chi connectivity index (χ0) is 22.1. The van der Waals surface area contributed by atoms with Gasteiger partial charge in [-0.2, -0.15) is 0 Å². The molecule has 0 saturated carbocycles. The van der Waals surface area contributed by atoms with Crippen LogP contribution in [0.2, 0.25) is 0 Å². The highest BCUT2D eigenvalue weighted by atomic mass is 127. The summed E-state index contributed by atoms with van der Waals surface area (Å²) in [6.45, 7) is 10.2. The van der Waals surface area contributed by atoms with Gasteiger partial charge in [0.1, 0.15) is 0 Å². The third kappa shape index (κ3) is 7.69. The molecule has 1 saturated heterocycles. The molecule has 1 fully saturated rings. The van der Waals surface area contributed by atoms with Crippen LogP contribution in [-0.4, -0.2) is 44.6 Å². The third-order valence-corrected chi connectivity index (χ3v) is 5.49. The number of nitrogens with one attached hydrogen (secondary N) is 3. The molecule has 3 N–H and O–H groups in total. The second kappa shape index (κ2) is 13.3. The summed E-state index contributed by atoms with van der Waals surface area (Å²) in [6, 6.07) is 16.5. The molecule has 174 valence electrons.